The molecule has 2 aliphatic heterocycles. The molecule has 9 heteroatoms. The number of nitrogens with zero attached hydrogens (tertiary/aromatic N) is 2. The third-order valence-electron chi connectivity index (χ3n) is 4.94. The number of halogens is 2. The highest BCUT2D eigenvalue weighted by atomic mass is 35.5. The van der Waals surface area contributed by atoms with E-state index in [4.69, 9.17) is 33.4 Å². The molecule has 2 heterocycles. The number of carboxylic acids is 2. The van der Waals surface area contributed by atoms with E-state index >= 15 is 0 Å². The van der Waals surface area contributed by atoms with E-state index < -0.39 is 11.9 Å². The Morgan fingerprint density at radius 1 is 0.938 bits per heavy atom. The zero-order chi connectivity index (χ0) is 23.3. The molecule has 0 amide bonds. The van der Waals surface area contributed by atoms with Crippen molar-refractivity contribution in [3.05, 3.63) is 69.7 Å². The molecule has 0 bridgehead atoms. The predicted octanol–water partition coefficient (Wildman–Crippen LogP) is 4.92. The van der Waals surface area contributed by atoms with Gasteiger partial charge in [-0.1, -0.05) is 53.2 Å². The summed E-state index contributed by atoms with van der Waals surface area (Å²) in [6.07, 6.45) is 3.41. The summed E-state index contributed by atoms with van der Waals surface area (Å²) in [4.78, 5) is 26.4. The van der Waals surface area contributed by atoms with Crippen LogP contribution in [0.3, 0.4) is 0 Å². The molecule has 2 N–H and O–H groups in total. The molecule has 2 aromatic carbocycles. The van der Waals surface area contributed by atoms with Gasteiger partial charge in [-0.15, -0.1) is 0 Å². The van der Waals surface area contributed by atoms with E-state index in [1.165, 1.54) is 26.6 Å². The van der Waals surface area contributed by atoms with E-state index in [-0.39, 0.29) is 0 Å². The highest BCUT2D eigenvalue weighted by Gasteiger charge is 2.24. The maximum Gasteiger partial charge on any atom is 0.328 e. The van der Waals surface area contributed by atoms with E-state index in [9.17, 15) is 9.59 Å². The van der Waals surface area contributed by atoms with E-state index in [1.54, 1.807) is 11.8 Å². The van der Waals surface area contributed by atoms with Crippen molar-refractivity contribution in [1.29, 1.82) is 0 Å². The molecule has 2 aromatic rings. The average Bonchev–Trinajstić information content (AvgIpc) is 2.90. The summed E-state index contributed by atoms with van der Waals surface area (Å²) in [6, 6.07) is 12.5. The minimum absolute atomic E-state index is 0.558. The number of aliphatic carboxylic acids is 2. The molecule has 6 nitrogen and oxygen atoms in total. The van der Waals surface area contributed by atoms with Crippen LogP contribution in [0.2, 0.25) is 10.0 Å². The molecule has 2 aliphatic rings. The van der Waals surface area contributed by atoms with Crippen molar-refractivity contribution in [1.82, 2.24) is 9.80 Å². The molecule has 168 valence electrons. The first-order valence-electron chi connectivity index (χ1n) is 9.80. The number of fused-ring (bicyclic) bond motifs is 2. The van der Waals surface area contributed by atoms with Crippen molar-refractivity contribution in [3.63, 3.8) is 0 Å². The van der Waals surface area contributed by atoms with Crippen LogP contribution in [0.15, 0.2) is 58.3 Å². The Kier molecular flexibility index (Phi) is 8.26. The number of piperazine rings is 1. The van der Waals surface area contributed by atoms with Crippen molar-refractivity contribution < 1.29 is 19.8 Å². The molecule has 32 heavy (non-hydrogen) atoms. The fourth-order valence-corrected chi connectivity index (χ4v) is 4.77. The van der Waals surface area contributed by atoms with Gasteiger partial charge < -0.3 is 20.0 Å². The molecule has 0 spiro atoms. The minimum Gasteiger partial charge on any atom is -0.478 e. The topological polar surface area (TPSA) is 81.1 Å². The molecule has 0 unspecified atom stereocenters. The van der Waals surface area contributed by atoms with Crippen molar-refractivity contribution in [3.8, 4) is 0 Å². The number of hydrogen-bond donors (Lipinski definition) is 2. The number of rotatable bonds is 3. The van der Waals surface area contributed by atoms with E-state index in [0.717, 1.165) is 26.2 Å². The van der Waals surface area contributed by atoms with Crippen LogP contribution in [0.4, 0.5) is 0 Å². The van der Waals surface area contributed by atoms with Crippen molar-refractivity contribution >= 4 is 58.7 Å². The quantitative estimate of drug-likeness (QED) is 0.588. The van der Waals surface area contributed by atoms with Gasteiger partial charge in [0, 0.05) is 59.4 Å². The monoisotopic (exact) mass is 492 g/mol. The number of carboxylic acid groups (broad SMARTS) is 2. The molecule has 4 rings (SSSR count). The first-order valence-corrected chi connectivity index (χ1v) is 11.4. The molecule has 0 aliphatic carbocycles. The summed E-state index contributed by atoms with van der Waals surface area (Å²) in [5.41, 5.74) is 3.67. The van der Waals surface area contributed by atoms with Gasteiger partial charge in [-0.2, -0.15) is 0 Å². The summed E-state index contributed by atoms with van der Waals surface area (Å²) < 4.78 is 0. The summed E-state index contributed by atoms with van der Waals surface area (Å²) >= 11 is 14.4. The Morgan fingerprint density at radius 3 is 2.16 bits per heavy atom. The first kappa shape index (κ1) is 24.2. The third-order valence-corrected chi connectivity index (χ3v) is 6.81. The fourth-order valence-electron chi connectivity index (χ4n) is 3.30. The van der Waals surface area contributed by atoms with Crippen molar-refractivity contribution in [2.75, 3.05) is 33.2 Å². The van der Waals surface area contributed by atoms with Crippen LogP contribution in [0.1, 0.15) is 11.1 Å². The van der Waals surface area contributed by atoms with Crippen molar-refractivity contribution in [2.45, 2.75) is 9.79 Å². The van der Waals surface area contributed by atoms with Gasteiger partial charge in [0.1, 0.15) is 0 Å². The van der Waals surface area contributed by atoms with Crippen LogP contribution in [0, 0.1) is 0 Å². The van der Waals surface area contributed by atoms with Gasteiger partial charge in [0.25, 0.3) is 0 Å². The second-order valence-corrected chi connectivity index (χ2v) is 9.13. The third kappa shape index (κ3) is 6.29. The first-order chi connectivity index (χ1) is 15.2. The number of carbonyl (C=O) groups is 2. The van der Waals surface area contributed by atoms with Crippen LogP contribution in [0.25, 0.3) is 11.8 Å². The Morgan fingerprint density at radius 2 is 1.53 bits per heavy atom. The molecule has 1 fully saturated rings. The molecular weight excluding hydrogens is 471 g/mol. The van der Waals surface area contributed by atoms with Gasteiger partial charge in [-0.25, -0.2) is 9.59 Å². The molecule has 0 aromatic heterocycles. The SMILES string of the molecule is CN1CCN(C2=Cc3ccccc3Sc3cc(Cl)c(Cl)cc32)CC1.O=C(O)/C=C\C(=O)O. The smallest absolute Gasteiger partial charge is 0.328 e. The van der Waals surface area contributed by atoms with Gasteiger partial charge in [0.05, 0.1) is 10.0 Å². The van der Waals surface area contributed by atoms with Gasteiger partial charge in [0.2, 0.25) is 0 Å². The molecule has 0 radical (unpaired) electrons. The predicted molar refractivity (Wildman–Crippen MR) is 128 cm³/mol. The number of benzene rings is 2. The lowest BCUT2D eigenvalue weighted by atomic mass is 10.1. The lowest BCUT2D eigenvalue weighted by Gasteiger charge is -2.36. The summed E-state index contributed by atoms with van der Waals surface area (Å²) in [5.74, 6) is -2.51. The molecule has 1 saturated heterocycles. The molecule has 0 atom stereocenters. The lowest BCUT2D eigenvalue weighted by molar-refractivity contribution is -0.134. The second-order valence-electron chi connectivity index (χ2n) is 7.23. The van der Waals surface area contributed by atoms with Crippen molar-refractivity contribution in [2.24, 2.45) is 0 Å². The van der Waals surface area contributed by atoms with Crippen LogP contribution in [0.5, 0.6) is 0 Å². The second kappa shape index (κ2) is 10.9. The standard InChI is InChI=1S/C19H18Cl2N2S.C4H4O4/c1-22-6-8-23(9-7-22)17-10-13-4-2-3-5-18(13)24-19-12-16(21)15(20)11-14(17)19;5-3(6)1-2-4(7)8/h2-5,10-12H,6-9H2,1H3;1-2H,(H,5,6)(H,7,8)/b;2-1-. The lowest BCUT2D eigenvalue weighted by Crippen LogP contribution is -2.43. The number of likely N-dealkylation sites (N-methyl/N-ethyl adjacent to an activating group) is 1. The van der Waals surface area contributed by atoms with Gasteiger partial charge in [0.15, 0.2) is 0 Å². The normalized spacial score (nSPS) is 15.7. The van der Waals surface area contributed by atoms with E-state index in [2.05, 4.69) is 47.2 Å². The zero-order valence-corrected chi connectivity index (χ0v) is 19.6. The van der Waals surface area contributed by atoms with Crippen LogP contribution < -0.4 is 0 Å². The Balaban J connectivity index is 0.000000312. The Hall–Kier alpha value is -2.45. The zero-order valence-electron chi connectivity index (χ0n) is 17.3. The summed E-state index contributed by atoms with van der Waals surface area (Å²) in [6.45, 7) is 4.19. The van der Waals surface area contributed by atoms with E-state index in [1.807, 2.05) is 12.1 Å². The Labute approximate surface area is 200 Å². The van der Waals surface area contributed by atoms with Crippen LogP contribution >= 0.6 is 35.0 Å². The van der Waals surface area contributed by atoms with Gasteiger partial charge in [-0.3, -0.25) is 0 Å². The average molecular weight is 493 g/mol. The molecular formula is C23H22Cl2N2O4S. The summed E-state index contributed by atoms with van der Waals surface area (Å²) in [7, 11) is 2.18. The van der Waals surface area contributed by atoms with Crippen LogP contribution in [-0.2, 0) is 9.59 Å². The maximum absolute atomic E-state index is 9.55. The number of hydrogen-bond acceptors (Lipinski definition) is 5. The minimum atomic E-state index is -1.26. The fraction of sp³-hybridized carbons (Fsp3) is 0.217. The van der Waals surface area contributed by atoms with E-state index in [0.29, 0.717) is 22.2 Å². The van der Waals surface area contributed by atoms with Gasteiger partial charge >= 0.3 is 11.9 Å². The highest BCUT2D eigenvalue weighted by molar-refractivity contribution is 7.99. The van der Waals surface area contributed by atoms with Crippen LogP contribution in [-0.4, -0.2) is 65.2 Å². The largest absolute Gasteiger partial charge is 0.478 e. The molecule has 0 saturated carbocycles. The van der Waals surface area contributed by atoms with Gasteiger partial charge in [-0.05, 0) is 36.9 Å². The maximum atomic E-state index is 9.55. The summed E-state index contributed by atoms with van der Waals surface area (Å²) in [5, 5.41) is 16.8. The highest BCUT2D eigenvalue weighted by Crippen LogP contribution is 2.44. The Bertz CT molecular complexity index is 1060.